The van der Waals surface area contributed by atoms with E-state index in [9.17, 15) is 24.6 Å². The van der Waals surface area contributed by atoms with Crippen molar-refractivity contribution in [3.8, 4) is 0 Å². The van der Waals surface area contributed by atoms with Gasteiger partial charge in [0, 0.05) is 5.56 Å². The highest BCUT2D eigenvalue weighted by Gasteiger charge is 2.52. The van der Waals surface area contributed by atoms with E-state index in [0.29, 0.717) is 0 Å². The van der Waals surface area contributed by atoms with Gasteiger partial charge in [0.1, 0.15) is 0 Å². The number of ether oxygens (including phenoxy) is 2. The first kappa shape index (κ1) is 29.1. The van der Waals surface area contributed by atoms with Crippen molar-refractivity contribution >= 4 is 18.2 Å². The molecule has 0 aliphatic rings. The van der Waals surface area contributed by atoms with E-state index in [1.165, 1.54) is 60.7 Å². The van der Waals surface area contributed by atoms with Crippen molar-refractivity contribution in [2.45, 2.75) is 17.0 Å². The topological polar surface area (TPSA) is 110 Å². The maximum atomic E-state index is 14.1. The molecule has 5 aromatic carbocycles. The van der Waals surface area contributed by atoms with Gasteiger partial charge >= 0.3 is 17.7 Å². The van der Waals surface area contributed by atoms with Crippen LogP contribution in [0.4, 0.5) is 0 Å². The molecule has 214 valence electrons. The van der Waals surface area contributed by atoms with Gasteiger partial charge in [-0.15, -0.1) is 0 Å². The van der Waals surface area contributed by atoms with Crippen molar-refractivity contribution in [1.29, 1.82) is 0 Å². The van der Waals surface area contributed by atoms with Crippen molar-refractivity contribution in [3.05, 3.63) is 179 Å². The zero-order chi connectivity index (χ0) is 30.3. The number of benzene rings is 5. The number of hydrogen-bond acceptors (Lipinski definition) is 7. The Morgan fingerprint density at radius 3 is 0.907 bits per heavy atom. The fourth-order valence-electron chi connectivity index (χ4n) is 4.87. The van der Waals surface area contributed by atoms with Crippen LogP contribution in [-0.2, 0) is 40.8 Å². The summed E-state index contributed by atoms with van der Waals surface area (Å²) in [5.74, 6) is -5.25. The molecule has 0 amide bonds. The number of aliphatic hydroxyl groups is 2. The van der Waals surface area contributed by atoms with Crippen LogP contribution in [0.15, 0.2) is 152 Å². The maximum absolute atomic E-state index is 14.1. The maximum Gasteiger partial charge on any atom is 0.351 e. The van der Waals surface area contributed by atoms with Crippen LogP contribution >= 0.6 is 0 Å². The fourth-order valence-corrected chi connectivity index (χ4v) is 4.87. The van der Waals surface area contributed by atoms with Gasteiger partial charge in [-0.2, -0.15) is 0 Å². The summed E-state index contributed by atoms with van der Waals surface area (Å²) in [6, 6.07) is 39.9. The molecular formula is C36H28O7. The number of esters is 2. The minimum Gasteiger partial charge on any atom is -0.408 e. The molecule has 0 spiro atoms. The van der Waals surface area contributed by atoms with Crippen molar-refractivity contribution in [1.82, 2.24) is 0 Å². The molecule has 0 atom stereocenters. The third kappa shape index (κ3) is 5.47. The van der Waals surface area contributed by atoms with E-state index in [4.69, 9.17) is 9.47 Å². The zero-order valence-corrected chi connectivity index (χ0v) is 22.9. The van der Waals surface area contributed by atoms with E-state index in [0.717, 1.165) is 0 Å². The number of carbonyl (C=O) groups is 3. The molecule has 2 N–H and O–H groups in total. The Bertz CT molecular complexity index is 1490. The third-order valence-corrected chi connectivity index (χ3v) is 7.18. The number of aldehydes is 1. The first-order chi connectivity index (χ1) is 20.8. The lowest BCUT2D eigenvalue weighted by Crippen LogP contribution is -2.50. The van der Waals surface area contributed by atoms with Gasteiger partial charge in [-0.05, 0) is 22.3 Å². The third-order valence-electron chi connectivity index (χ3n) is 7.18. The number of rotatable bonds is 10. The molecule has 0 aromatic heterocycles. The quantitative estimate of drug-likeness (QED) is 0.138. The fraction of sp³-hybridized carbons (Fsp3) is 0.0833. The SMILES string of the molecule is O=CC(OC(=O)C(O)(c1ccccc1)c1ccccc1)(OC(=O)C(O)(c1ccccc1)c1ccccc1)c1ccccc1. The van der Waals surface area contributed by atoms with E-state index in [1.807, 2.05) is 0 Å². The largest absolute Gasteiger partial charge is 0.408 e. The van der Waals surface area contributed by atoms with Gasteiger partial charge in [0.25, 0.3) is 0 Å². The van der Waals surface area contributed by atoms with E-state index in [1.54, 1.807) is 91.0 Å². The van der Waals surface area contributed by atoms with E-state index in [-0.39, 0.29) is 34.1 Å². The predicted octanol–water partition coefficient (Wildman–Crippen LogP) is 5.00. The van der Waals surface area contributed by atoms with Gasteiger partial charge in [-0.3, -0.25) is 4.79 Å². The molecule has 0 saturated heterocycles. The van der Waals surface area contributed by atoms with E-state index >= 15 is 0 Å². The van der Waals surface area contributed by atoms with Crippen LogP contribution in [0.5, 0.6) is 0 Å². The number of carbonyl (C=O) groups excluding carboxylic acids is 3. The molecule has 5 aromatic rings. The Balaban J connectivity index is 1.63. The molecule has 5 rings (SSSR count). The Morgan fingerprint density at radius 2 is 0.674 bits per heavy atom. The first-order valence-electron chi connectivity index (χ1n) is 13.5. The standard InChI is InChI=1S/C36H28O7/c37-26-34(27-16-6-1-7-17-27,42-32(38)35(40,28-18-8-2-9-19-28)29-20-10-3-11-21-29)43-33(39)36(41,30-22-12-4-13-23-30)31-24-14-5-15-25-31/h1-26,40-41H. The Hall–Kier alpha value is -5.37. The van der Waals surface area contributed by atoms with Gasteiger partial charge in [-0.1, -0.05) is 152 Å². The Labute approximate surface area is 248 Å². The predicted molar refractivity (Wildman–Crippen MR) is 158 cm³/mol. The minimum absolute atomic E-state index is 0.0151. The molecule has 0 aliphatic carbocycles. The van der Waals surface area contributed by atoms with Gasteiger partial charge < -0.3 is 19.7 Å². The summed E-state index contributed by atoms with van der Waals surface area (Å²) in [7, 11) is 0. The van der Waals surface area contributed by atoms with Crippen LogP contribution in [0.1, 0.15) is 27.8 Å². The monoisotopic (exact) mass is 572 g/mol. The highest BCUT2D eigenvalue weighted by molar-refractivity contribution is 5.90. The lowest BCUT2D eigenvalue weighted by molar-refractivity contribution is -0.240. The Kier molecular flexibility index (Phi) is 8.29. The summed E-state index contributed by atoms with van der Waals surface area (Å²) >= 11 is 0. The van der Waals surface area contributed by atoms with Crippen LogP contribution < -0.4 is 0 Å². The normalized spacial score (nSPS) is 11.8. The van der Waals surface area contributed by atoms with Crippen molar-refractivity contribution in [2.24, 2.45) is 0 Å². The molecule has 43 heavy (non-hydrogen) atoms. The molecular weight excluding hydrogens is 544 g/mol. The summed E-state index contributed by atoms with van der Waals surface area (Å²) in [6.45, 7) is 0. The van der Waals surface area contributed by atoms with Crippen LogP contribution in [0.3, 0.4) is 0 Å². The van der Waals surface area contributed by atoms with Crippen molar-refractivity contribution < 1.29 is 34.1 Å². The van der Waals surface area contributed by atoms with Gasteiger partial charge in [0.15, 0.2) is 0 Å². The molecule has 0 bridgehead atoms. The molecule has 0 fully saturated rings. The second-order valence-electron chi connectivity index (χ2n) is 9.82. The Morgan fingerprint density at radius 1 is 0.442 bits per heavy atom. The molecule has 0 saturated carbocycles. The first-order valence-corrected chi connectivity index (χ1v) is 13.5. The molecule has 7 heteroatoms. The van der Waals surface area contributed by atoms with Crippen LogP contribution in [-0.4, -0.2) is 28.4 Å². The van der Waals surface area contributed by atoms with Crippen LogP contribution in [0, 0.1) is 0 Å². The summed E-state index contributed by atoms with van der Waals surface area (Å²) in [4.78, 5) is 41.2. The lowest BCUT2D eigenvalue weighted by atomic mass is 9.86. The average molecular weight is 573 g/mol. The summed E-state index contributed by atoms with van der Waals surface area (Å²) in [6.07, 6.45) is 0.158. The van der Waals surface area contributed by atoms with Crippen LogP contribution in [0.25, 0.3) is 0 Å². The molecule has 7 nitrogen and oxygen atoms in total. The molecule has 0 radical (unpaired) electrons. The van der Waals surface area contributed by atoms with Crippen LogP contribution in [0.2, 0.25) is 0 Å². The van der Waals surface area contributed by atoms with Gasteiger partial charge in [-0.25, -0.2) is 9.59 Å². The molecule has 0 unspecified atom stereocenters. The highest BCUT2D eigenvalue weighted by Crippen LogP contribution is 2.38. The molecule has 0 heterocycles. The summed E-state index contributed by atoms with van der Waals surface area (Å²) < 4.78 is 11.5. The number of hydrogen-bond donors (Lipinski definition) is 2. The second kappa shape index (κ2) is 12.2. The van der Waals surface area contributed by atoms with Crippen molar-refractivity contribution in [2.75, 3.05) is 0 Å². The van der Waals surface area contributed by atoms with Gasteiger partial charge in [0.2, 0.25) is 17.5 Å². The average Bonchev–Trinajstić information content (AvgIpc) is 3.09. The second-order valence-corrected chi connectivity index (χ2v) is 9.82. The lowest BCUT2D eigenvalue weighted by Gasteiger charge is -2.36. The smallest absolute Gasteiger partial charge is 0.351 e. The van der Waals surface area contributed by atoms with Crippen molar-refractivity contribution in [3.63, 3.8) is 0 Å². The molecule has 0 aliphatic heterocycles. The van der Waals surface area contributed by atoms with E-state index in [2.05, 4.69) is 0 Å². The van der Waals surface area contributed by atoms with E-state index < -0.39 is 28.9 Å². The summed E-state index contributed by atoms with van der Waals surface area (Å²) in [5, 5.41) is 24.0. The summed E-state index contributed by atoms with van der Waals surface area (Å²) in [5.41, 5.74) is -4.16. The van der Waals surface area contributed by atoms with Gasteiger partial charge in [0.05, 0.1) is 0 Å². The zero-order valence-electron chi connectivity index (χ0n) is 22.9. The minimum atomic E-state index is -2.69. The highest BCUT2D eigenvalue weighted by atomic mass is 16.7.